The highest BCUT2D eigenvalue weighted by Crippen LogP contribution is 2.24. The minimum absolute atomic E-state index is 0.271. The zero-order chi connectivity index (χ0) is 15.0. The van der Waals surface area contributed by atoms with E-state index in [4.69, 9.17) is 11.6 Å². The van der Waals surface area contributed by atoms with E-state index in [1.807, 2.05) is 49.4 Å². The van der Waals surface area contributed by atoms with Crippen LogP contribution in [-0.2, 0) is 6.54 Å². The molecule has 1 aromatic heterocycles. The molecule has 2 aromatic carbocycles. The van der Waals surface area contributed by atoms with Crippen molar-refractivity contribution in [2.45, 2.75) is 13.5 Å². The average Bonchev–Trinajstić information content (AvgIpc) is 2.81. The van der Waals surface area contributed by atoms with Gasteiger partial charge in [0.1, 0.15) is 5.69 Å². The van der Waals surface area contributed by atoms with Gasteiger partial charge < -0.3 is 9.67 Å². The molecule has 1 heterocycles. The molecule has 3 nitrogen and oxygen atoms in total. The fourth-order valence-corrected chi connectivity index (χ4v) is 2.80. The molecule has 4 heteroatoms. The molecule has 3 aromatic rings. The Kier molecular flexibility index (Phi) is 3.43. The maximum atomic E-state index is 11.5. The highest BCUT2D eigenvalue weighted by Gasteiger charge is 2.15. The van der Waals surface area contributed by atoms with Gasteiger partial charge in [-0.2, -0.15) is 0 Å². The minimum Gasteiger partial charge on any atom is -0.477 e. The van der Waals surface area contributed by atoms with Gasteiger partial charge in [0.2, 0.25) is 0 Å². The zero-order valence-corrected chi connectivity index (χ0v) is 12.3. The van der Waals surface area contributed by atoms with Crippen LogP contribution < -0.4 is 0 Å². The number of hydrogen-bond acceptors (Lipinski definition) is 1. The molecule has 106 valence electrons. The second-order valence-electron chi connectivity index (χ2n) is 5.07. The maximum Gasteiger partial charge on any atom is 0.352 e. The summed E-state index contributed by atoms with van der Waals surface area (Å²) in [6.07, 6.45) is 0. The smallest absolute Gasteiger partial charge is 0.352 e. The SMILES string of the molecule is Cc1ccc(Cn2c(C(=O)O)cc3ccccc32)c(Cl)c1. The molecule has 0 spiro atoms. The van der Waals surface area contributed by atoms with Gasteiger partial charge in [-0.05, 0) is 36.2 Å². The maximum absolute atomic E-state index is 11.5. The number of rotatable bonds is 3. The van der Waals surface area contributed by atoms with E-state index < -0.39 is 5.97 Å². The predicted octanol–water partition coefficient (Wildman–Crippen LogP) is 4.35. The summed E-state index contributed by atoms with van der Waals surface area (Å²) in [5.41, 5.74) is 3.16. The number of aromatic carboxylic acids is 1. The summed E-state index contributed by atoms with van der Waals surface area (Å²) in [7, 11) is 0. The summed E-state index contributed by atoms with van der Waals surface area (Å²) in [4.78, 5) is 11.5. The molecule has 0 amide bonds. The lowest BCUT2D eigenvalue weighted by Crippen LogP contribution is -2.09. The van der Waals surface area contributed by atoms with Crippen molar-refractivity contribution in [1.29, 1.82) is 0 Å². The fourth-order valence-electron chi connectivity index (χ4n) is 2.51. The van der Waals surface area contributed by atoms with E-state index in [-0.39, 0.29) is 5.69 Å². The van der Waals surface area contributed by atoms with Crippen LogP contribution in [-0.4, -0.2) is 15.6 Å². The highest BCUT2D eigenvalue weighted by atomic mass is 35.5. The summed E-state index contributed by atoms with van der Waals surface area (Å²) >= 11 is 6.27. The van der Waals surface area contributed by atoms with Gasteiger partial charge in [-0.15, -0.1) is 0 Å². The second kappa shape index (κ2) is 5.26. The third kappa shape index (κ3) is 2.52. The predicted molar refractivity (Wildman–Crippen MR) is 84.2 cm³/mol. The molecule has 0 atom stereocenters. The molecule has 0 aliphatic heterocycles. The molecule has 0 aliphatic rings. The van der Waals surface area contributed by atoms with Gasteiger partial charge in [0, 0.05) is 22.5 Å². The number of aryl methyl sites for hydroxylation is 1. The Bertz CT molecular complexity index is 836. The van der Waals surface area contributed by atoms with E-state index in [1.54, 1.807) is 10.6 Å². The molecular weight excluding hydrogens is 286 g/mol. The summed E-state index contributed by atoms with van der Waals surface area (Å²) < 4.78 is 1.79. The first-order chi connectivity index (χ1) is 10.1. The number of halogens is 1. The first-order valence-electron chi connectivity index (χ1n) is 6.63. The molecule has 21 heavy (non-hydrogen) atoms. The van der Waals surface area contributed by atoms with E-state index in [0.29, 0.717) is 11.6 Å². The van der Waals surface area contributed by atoms with E-state index in [9.17, 15) is 9.90 Å². The second-order valence-corrected chi connectivity index (χ2v) is 5.48. The van der Waals surface area contributed by atoms with Crippen LogP contribution in [0.5, 0.6) is 0 Å². The largest absolute Gasteiger partial charge is 0.477 e. The molecule has 0 bridgehead atoms. The molecular formula is C17H14ClNO2. The van der Waals surface area contributed by atoms with Crippen LogP contribution in [0.1, 0.15) is 21.6 Å². The Hall–Kier alpha value is -2.26. The molecule has 0 aliphatic carbocycles. The summed E-state index contributed by atoms with van der Waals surface area (Å²) in [6.45, 7) is 2.41. The number of hydrogen-bond donors (Lipinski definition) is 1. The number of benzene rings is 2. The molecule has 3 rings (SSSR count). The number of carboxylic acids is 1. The van der Waals surface area contributed by atoms with Crippen molar-refractivity contribution in [2.75, 3.05) is 0 Å². The summed E-state index contributed by atoms with van der Waals surface area (Å²) in [6, 6.07) is 15.1. The monoisotopic (exact) mass is 299 g/mol. The van der Waals surface area contributed by atoms with Crippen molar-refractivity contribution in [1.82, 2.24) is 4.57 Å². The quantitative estimate of drug-likeness (QED) is 0.781. The fraction of sp³-hybridized carbons (Fsp3) is 0.118. The normalized spacial score (nSPS) is 11.0. The van der Waals surface area contributed by atoms with Gasteiger partial charge in [-0.25, -0.2) is 4.79 Å². The van der Waals surface area contributed by atoms with Crippen LogP contribution in [0.15, 0.2) is 48.5 Å². The van der Waals surface area contributed by atoms with Crippen molar-refractivity contribution < 1.29 is 9.90 Å². The highest BCUT2D eigenvalue weighted by molar-refractivity contribution is 6.31. The number of carboxylic acid groups (broad SMARTS) is 1. The van der Waals surface area contributed by atoms with Gasteiger partial charge in [0.15, 0.2) is 0 Å². The molecule has 0 radical (unpaired) electrons. The standard InChI is InChI=1S/C17H14ClNO2/c1-11-6-7-13(14(18)8-11)10-19-15-5-3-2-4-12(15)9-16(19)17(20)21/h2-9H,10H2,1H3,(H,20,21). The Labute approximate surface area is 127 Å². The van der Waals surface area contributed by atoms with Crippen molar-refractivity contribution in [3.8, 4) is 0 Å². The van der Waals surface area contributed by atoms with Crippen molar-refractivity contribution >= 4 is 28.5 Å². The van der Waals surface area contributed by atoms with E-state index in [0.717, 1.165) is 22.0 Å². The van der Waals surface area contributed by atoms with Crippen molar-refractivity contribution in [2.24, 2.45) is 0 Å². The number of nitrogens with zero attached hydrogens (tertiary/aromatic N) is 1. The lowest BCUT2D eigenvalue weighted by molar-refractivity contribution is 0.0686. The first-order valence-corrected chi connectivity index (χ1v) is 7.00. The van der Waals surface area contributed by atoms with E-state index >= 15 is 0 Å². The molecule has 0 unspecified atom stereocenters. The average molecular weight is 300 g/mol. The number of fused-ring (bicyclic) bond motifs is 1. The van der Waals surface area contributed by atoms with Crippen molar-refractivity contribution in [3.05, 3.63) is 70.4 Å². The molecule has 0 saturated carbocycles. The van der Waals surface area contributed by atoms with E-state index in [1.165, 1.54) is 0 Å². The van der Waals surface area contributed by atoms with Crippen LogP contribution in [0.4, 0.5) is 0 Å². The Morgan fingerprint density at radius 2 is 1.95 bits per heavy atom. The van der Waals surface area contributed by atoms with Crippen LogP contribution in [0.3, 0.4) is 0 Å². The van der Waals surface area contributed by atoms with Gasteiger partial charge in [0.05, 0.1) is 0 Å². The van der Waals surface area contributed by atoms with Gasteiger partial charge in [-0.1, -0.05) is 41.9 Å². The van der Waals surface area contributed by atoms with Gasteiger partial charge >= 0.3 is 5.97 Å². The Morgan fingerprint density at radius 1 is 1.19 bits per heavy atom. The number of carbonyl (C=O) groups is 1. The minimum atomic E-state index is -0.936. The topological polar surface area (TPSA) is 42.2 Å². The van der Waals surface area contributed by atoms with Crippen molar-refractivity contribution in [3.63, 3.8) is 0 Å². The lowest BCUT2D eigenvalue weighted by atomic mass is 10.1. The van der Waals surface area contributed by atoms with Gasteiger partial charge in [0.25, 0.3) is 0 Å². The zero-order valence-electron chi connectivity index (χ0n) is 11.5. The summed E-state index contributed by atoms with van der Waals surface area (Å²) in [5.74, 6) is -0.936. The van der Waals surface area contributed by atoms with Crippen LogP contribution in [0, 0.1) is 6.92 Å². The van der Waals surface area contributed by atoms with Gasteiger partial charge in [-0.3, -0.25) is 0 Å². The lowest BCUT2D eigenvalue weighted by Gasteiger charge is -2.10. The first kappa shape index (κ1) is 13.7. The van der Waals surface area contributed by atoms with E-state index in [2.05, 4.69) is 0 Å². The number of aromatic nitrogens is 1. The third-order valence-electron chi connectivity index (χ3n) is 3.57. The molecule has 0 saturated heterocycles. The Morgan fingerprint density at radius 3 is 2.67 bits per heavy atom. The molecule has 1 N–H and O–H groups in total. The molecule has 0 fully saturated rings. The summed E-state index contributed by atoms with van der Waals surface area (Å²) in [5, 5.41) is 11.0. The van der Waals surface area contributed by atoms with Crippen LogP contribution in [0.2, 0.25) is 5.02 Å². The van der Waals surface area contributed by atoms with Crippen LogP contribution in [0.25, 0.3) is 10.9 Å². The number of para-hydroxylation sites is 1. The third-order valence-corrected chi connectivity index (χ3v) is 3.92. The van der Waals surface area contributed by atoms with Crippen LogP contribution >= 0.6 is 11.6 Å². The Balaban J connectivity index is 2.14.